The molecule has 1 fully saturated rings. The molecule has 0 spiro atoms. The third kappa shape index (κ3) is 4.25. The van der Waals surface area contributed by atoms with E-state index in [0.717, 1.165) is 41.0 Å². The molecule has 2 atom stereocenters. The number of nitrogens with one attached hydrogen (secondary N) is 2. The van der Waals surface area contributed by atoms with E-state index in [1.165, 1.54) is 0 Å². The van der Waals surface area contributed by atoms with Crippen molar-refractivity contribution in [3.63, 3.8) is 0 Å². The maximum absolute atomic E-state index is 13.3. The summed E-state index contributed by atoms with van der Waals surface area (Å²) in [5, 5.41) is 2.92. The number of nitrogens with zero attached hydrogens (tertiary/aromatic N) is 2. The van der Waals surface area contributed by atoms with Crippen molar-refractivity contribution in [2.75, 3.05) is 18.4 Å². The zero-order chi connectivity index (χ0) is 23.8. The molecule has 176 valence electrons. The minimum absolute atomic E-state index is 0.0357. The second-order valence-electron chi connectivity index (χ2n) is 9.22. The molecule has 4 aromatic rings. The first kappa shape index (κ1) is 21.4. The number of benzene rings is 3. The van der Waals surface area contributed by atoms with Crippen molar-refractivity contribution < 1.29 is 14.3 Å². The van der Waals surface area contributed by atoms with E-state index >= 15 is 0 Å². The molecule has 2 N–H and O–H groups in total. The molecule has 2 aliphatic rings. The molecule has 7 heteroatoms. The van der Waals surface area contributed by atoms with Crippen LogP contribution >= 0.6 is 0 Å². The lowest BCUT2D eigenvalue weighted by atomic mass is 9.96. The minimum Gasteiger partial charge on any atom is -0.480 e. The monoisotopic (exact) mass is 466 g/mol. The zero-order valence-electron chi connectivity index (χ0n) is 19.2. The number of piperidine rings is 1. The van der Waals surface area contributed by atoms with Crippen molar-refractivity contribution >= 4 is 28.5 Å². The summed E-state index contributed by atoms with van der Waals surface area (Å²) >= 11 is 0. The molecule has 35 heavy (non-hydrogen) atoms. The first-order chi connectivity index (χ1) is 17.1. The molecule has 2 unspecified atom stereocenters. The molecule has 0 aliphatic carbocycles. The van der Waals surface area contributed by atoms with Gasteiger partial charge in [0.05, 0.1) is 11.0 Å². The van der Waals surface area contributed by atoms with E-state index in [1.807, 2.05) is 53.4 Å². The van der Waals surface area contributed by atoms with Gasteiger partial charge < -0.3 is 19.9 Å². The molecule has 2 amide bonds. The molecular formula is C28H26N4O3. The number of likely N-dealkylation sites (tertiary alicyclic amines) is 1. The van der Waals surface area contributed by atoms with Gasteiger partial charge in [0, 0.05) is 36.7 Å². The Bertz CT molecular complexity index is 1350. The largest absolute Gasteiger partial charge is 0.480 e. The maximum Gasteiger partial charge on any atom is 0.265 e. The van der Waals surface area contributed by atoms with Crippen molar-refractivity contribution in [2.45, 2.75) is 31.3 Å². The lowest BCUT2D eigenvalue weighted by Gasteiger charge is -2.32. The Kier molecular flexibility index (Phi) is 5.45. The molecule has 1 saturated heterocycles. The van der Waals surface area contributed by atoms with Gasteiger partial charge in [-0.25, -0.2) is 4.98 Å². The van der Waals surface area contributed by atoms with Crippen LogP contribution in [0.5, 0.6) is 5.75 Å². The molecule has 1 aromatic heterocycles. The van der Waals surface area contributed by atoms with Crippen LogP contribution in [0, 0.1) is 0 Å². The van der Waals surface area contributed by atoms with Gasteiger partial charge in [0.1, 0.15) is 11.6 Å². The first-order valence-corrected chi connectivity index (χ1v) is 12.0. The molecule has 0 saturated carbocycles. The number of ether oxygens (including phenoxy) is 1. The van der Waals surface area contributed by atoms with Crippen LogP contribution in [0.25, 0.3) is 11.0 Å². The number of para-hydroxylation sites is 3. The summed E-state index contributed by atoms with van der Waals surface area (Å²) in [5.74, 6) is 1.60. The summed E-state index contributed by atoms with van der Waals surface area (Å²) in [5.41, 5.74) is 4.14. The average molecular weight is 467 g/mol. The number of aromatic nitrogens is 2. The molecule has 3 heterocycles. The van der Waals surface area contributed by atoms with E-state index < -0.39 is 6.10 Å². The number of amides is 2. The van der Waals surface area contributed by atoms with Crippen LogP contribution in [-0.4, -0.2) is 45.9 Å². The highest BCUT2D eigenvalue weighted by Gasteiger charge is 2.30. The van der Waals surface area contributed by atoms with E-state index in [-0.39, 0.29) is 17.7 Å². The van der Waals surface area contributed by atoms with Crippen molar-refractivity contribution in [3.05, 3.63) is 89.7 Å². The van der Waals surface area contributed by atoms with E-state index in [4.69, 9.17) is 9.72 Å². The van der Waals surface area contributed by atoms with Gasteiger partial charge in [-0.3, -0.25) is 9.59 Å². The Morgan fingerprint density at radius 2 is 1.89 bits per heavy atom. The number of hydrogen-bond donors (Lipinski definition) is 2. The SMILES string of the molecule is O=C(Nc1cccc(C(=O)N2CCCC(c3nc4ccccc4[nH]3)C2)c1)C1Cc2ccccc2O1. The van der Waals surface area contributed by atoms with Crippen molar-refractivity contribution in [3.8, 4) is 5.75 Å². The van der Waals surface area contributed by atoms with Crippen LogP contribution in [0.4, 0.5) is 5.69 Å². The number of rotatable bonds is 4. The summed E-state index contributed by atoms with van der Waals surface area (Å²) in [7, 11) is 0. The smallest absolute Gasteiger partial charge is 0.265 e. The van der Waals surface area contributed by atoms with Crippen molar-refractivity contribution in [1.29, 1.82) is 0 Å². The predicted molar refractivity (Wildman–Crippen MR) is 134 cm³/mol. The van der Waals surface area contributed by atoms with Gasteiger partial charge in [-0.15, -0.1) is 0 Å². The summed E-state index contributed by atoms with van der Waals surface area (Å²) in [6.45, 7) is 1.32. The number of hydrogen-bond acceptors (Lipinski definition) is 4. The third-order valence-electron chi connectivity index (χ3n) is 6.82. The normalized spacial score (nSPS) is 19.3. The van der Waals surface area contributed by atoms with E-state index in [1.54, 1.807) is 24.3 Å². The van der Waals surface area contributed by atoms with Gasteiger partial charge in [0.15, 0.2) is 6.10 Å². The Balaban J connectivity index is 1.13. The quantitative estimate of drug-likeness (QED) is 0.463. The summed E-state index contributed by atoms with van der Waals surface area (Å²) in [6.07, 6.45) is 1.88. The molecule has 7 nitrogen and oxygen atoms in total. The van der Waals surface area contributed by atoms with Crippen molar-refractivity contribution in [1.82, 2.24) is 14.9 Å². The number of carbonyl (C=O) groups excluding carboxylic acids is 2. The van der Waals surface area contributed by atoms with E-state index in [9.17, 15) is 9.59 Å². The molecule has 0 radical (unpaired) electrons. The molecular weight excluding hydrogens is 440 g/mol. The third-order valence-corrected chi connectivity index (χ3v) is 6.82. The van der Waals surface area contributed by atoms with E-state index in [0.29, 0.717) is 30.8 Å². The lowest BCUT2D eigenvalue weighted by molar-refractivity contribution is -0.122. The standard InChI is InChI=1S/C28H26N4O3/c33-27(25-16-18-7-1-4-13-24(18)35-25)29-21-10-5-8-19(15-21)28(34)32-14-6-9-20(17-32)26-30-22-11-2-3-12-23(22)31-26/h1-5,7-8,10-13,15,20,25H,6,9,14,16-17H2,(H,29,33)(H,30,31). The summed E-state index contributed by atoms with van der Waals surface area (Å²) in [4.78, 5) is 36.2. The van der Waals surface area contributed by atoms with Gasteiger partial charge in [-0.1, -0.05) is 36.4 Å². The highest BCUT2D eigenvalue weighted by atomic mass is 16.5. The number of anilines is 1. The Morgan fingerprint density at radius 3 is 2.77 bits per heavy atom. The Labute approximate surface area is 203 Å². The summed E-state index contributed by atoms with van der Waals surface area (Å²) in [6, 6.07) is 22.8. The number of fused-ring (bicyclic) bond motifs is 2. The fraction of sp³-hybridized carbons (Fsp3) is 0.250. The lowest BCUT2D eigenvalue weighted by Crippen LogP contribution is -2.39. The van der Waals surface area contributed by atoms with Crippen LogP contribution in [-0.2, 0) is 11.2 Å². The Morgan fingerprint density at radius 1 is 1.03 bits per heavy atom. The van der Waals surface area contributed by atoms with Gasteiger partial charge in [0.2, 0.25) is 0 Å². The van der Waals surface area contributed by atoms with Crippen LogP contribution < -0.4 is 10.1 Å². The van der Waals surface area contributed by atoms with Gasteiger partial charge in [-0.2, -0.15) is 0 Å². The van der Waals surface area contributed by atoms with Gasteiger partial charge in [0.25, 0.3) is 11.8 Å². The number of imidazole rings is 1. The van der Waals surface area contributed by atoms with Gasteiger partial charge >= 0.3 is 0 Å². The number of carbonyl (C=O) groups is 2. The van der Waals surface area contributed by atoms with Crippen LogP contribution in [0.2, 0.25) is 0 Å². The zero-order valence-corrected chi connectivity index (χ0v) is 19.2. The maximum atomic E-state index is 13.3. The van der Waals surface area contributed by atoms with Crippen molar-refractivity contribution in [2.24, 2.45) is 0 Å². The molecule has 3 aromatic carbocycles. The van der Waals surface area contributed by atoms with E-state index in [2.05, 4.69) is 10.3 Å². The van der Waals surface area contributed by atoms with Gasteiger partial charge in [-0.05, 0) is 54.8 Å². The second-order valence-corrected chi connectivity index (χ2v) is 9.22. The first-order valence-electron chi connectivity index (χ1n) is 12.0. The number of H-pyrrole nitrogens is 1. The van der Waals surface area contributed by atoms with Crippen LogP contribution in [0.3, 0.4) is 0 Å². The molecule has 2 aliphatic heterocycles. The fourth-order valence-electron chi connectivity index (χ4n) is 5.01. The highest BCUT2D eigenvalue weighted by molar-refractivity contribution is 5.98. The highest BCUT2D eigenvalue weighted by Crippen LogP contribution is 2.30. The predicted octanol–water partition coefficient (Wildman–Crippen LogP) is 4.52. The molecule has 6 rings (SSSR count). The average Bonchev–Trinajstić information content (AvgIpc) is 3.53. The summed E-state index contributed by atoms with van der Waals surface area (Å²) < 4.78 is 5.79. The fourth-order valence-corrected chi connectivity index (χ4v) is 5.01. The van der Waals surface area contributed by atoms with Crippen LogP contribution in [0.15, 0.2) is 72.8 Å². The molecule has 0 bridgehead atoms. The van der Waals surface area contributed by atoms with Crippen LogP contribution in [0.1, 0.15) is 40.5 Å². The minimum atomic E-state index is -0.571. The Hall–Kier alpha value is -4.13. The number of aromatic amines is 1. The topological polar surface area (TPSA) is 87.3 Å². The second kappa shape index (κ2) is 8.91.